The van der Waals surface area contributed by atoms with Crippen LogP contribution in [0.2, 0.25) is 0 Å². The van der Waals surface area contributed by atoms with Gasteiger partial charge in [0.1, 0.15) is 19.4 Å². The lowest BCUT2D eigenvalue weighted by Crippen LogP contribution is -2.33. The van der Waals surface area contributed by atoms with Crippen LogP contribution >= 0.6 is 0 Å². The molecule has 0 saturated carbocycles. The van der Waals surface area contributed by atoms with E-state index in [1.54, 1.807) is 14.2 Å². The van der Waals surface area contributed by atoms with Crippen molar-refractivity contribution in [3.05, 3.63) is 120 Å². The van der Waals surface area contributed by atoms with Crippen LogP contribution in [0, 0.1) is 0 Å². The lowest BCUT2D eigenvalue weighted by molar-refractivity contribution is -0.677. The standard InChI is InChI=1S/C32H30NO4/c1-33-19-18-25-15-17-29(34-2)32(36-22-23-10-6-4-7-11-23)31(25)27(33)20-24-14-16-28(30(21-24)35-3)37-26-12-8-5-9-13-26/h4-19,21H,20,22H2,1-3H3/q+1. The van der Waals surface area contributed by atoms with Crippen LogP contribution in [-0.4, -0.2) is 14.2 Å². The number of hydrogen-bond acceptors (Lipinski definition) is 4. The Kier molecular flexibility index (Phi) is 7.22. The zero-order valence-electron chi connectivity index (χ0n) is 21.3. The smallest absolute Gasteiger partial charge is 0.197 e. The van der Waals surface area contributed by atoms with Crippen LogP contribution in [0.3, 0.4) is 0 Å². The Hall–Kier alpha value is -4.51. The molecule has 186 valence electrons. The molecule has 5 rings (SSSR count). The van der Waals surface area contributed by atoms with Crippen molar-refractivity contribution in [1.29, 1.82) is 0 Å². The van der Waals surface area contributed by atoms with Crippen molar-refractivity contribution in [2.75, 3.05) is 14.2 Å². The summed E-state index contributed by atoms with van der Waals surface area (Å²) in [5, 5.41) is 2.12. The van der Waals surface area contributed by atoms with Gasteiger partial charge in [0.05, 0.1) is 26.0 Å². The molecule has 5 aromatic rings. The quantitative estimate of drug-likeness (QED) is 0.216. The predicted molar refractivity (Wildman–Crippen MR) is 145 cm³/mol. The SMILES string of the molecule is COc1cc(Cc2c3c(OCc4ccccc4)c(OC)ccc3cc[n+]2C)ccc1Oc1ccccc1. The van der Waals surface area contributed by atoms with Gasteiger partial charge in [0.25, 0.3) is 0 Å². The Labute approximate surface area is 217 Å². The van der Waals surface area contributed by atoms with Crippen molar-refractivity contribution in [2.24, 2.45) is 7.05 Å². The van der Waals surface area contributed by atoms with Crippen molar-refractivity contribution in [1.82, 2.24) is 0 Å². The number of ether oxygens (including phenoxy) is 4. The minimum Gasteiger partial charge on any atom is -0.493 e. The highest BCUT2D eigenvalue weighted by Gasteiger charge is 2.22. The van der Waals surface area contributed by atoms with Crippen LogP contribution in [-0.2, 0) is 20.1 Å². The van der Waals surface area contributed by atoms with E-state index in [1.807, 2.05) is 66.7 Å². The molecule has 0 spiro atoms. The van der Waals surface area contributed by atoms with Crippen LogP contribution in [0.4, 0.5) is 0 Å². The Bertz CT molecular complexity index is 1500. The first kappa shape index (κ1) is 24.2. The Morgan fingerprint density at radius 1 is 0.676 bits per heavy atom. The summed E-state index contributed by atoms with van der Waals surface area (Å²) in [6, 6.07) is 32.1. The number of para-hydroxylation sites is 1. The molecule has 1 heterocycles. The number of aromatic nitrogens is 1. The van der Waals surface area contributed by atoms with Crippen molar-refractivity contribution < 1.29 is 23.5 Å². The normalized spacial score (nSPS) is 10.8. The summed E-state index contributed by atoms with van der Waals surface area (Å²) >= 11 is 0. The summed E-state index contributed by atoms with van der Waals surface area (Å²) in [4.78, 5) is 0. The number of fused-ring (bicyclic) bond motifs is 1. The number of methoxy groups -OCH3 is 2. The topological polar surface area (TPSA) is 40.8 Å². The highest BCUT2D eigenvalue weighted by Crippen LogP contribution is 2.39. The summed E-state index contributed by atoms with van der Waals surface area (Å²) in [6.07, 6.45) is 2.75. The van der Waals surface area contributed by atoms with Gasteiger partial charge in [-0.15, -0.1) is 0 Å². The second-order valence-corrected chi connectivity index (χ2v) is 8.79. The van der Waals surface area contributed by atoms with Gasteiger partial charge in [-0.05, 0) is 52.9 Å². The van der Waals surface area contributed by atoms with Gasteiger partial charge in [-0.3, -0.25) is 0 Å². The highest BCUT2D eigenvalue weighted by molar-refractivity contribution is 5.92. The monoisotopic (exact) mass is 492 g/mol. The molecule has 5 heteroatoms. The average Bonchev–Trinajstić information content (AvgIpc) is 2.95. The zero-order valence-corrected chi connectivity index (χ0v) is 21.3. The van der Waals surface area contributed by atoms with Gasteiger partial charge in [0, 0.05) is 6.07 Å². The van der Waals surface area contributed by atoms with Crippen molar-refractivity contribution in [3.8, 4) is 28.7 Å². The minimum atomic E-state index is 0.452. The molecule has 0 fully saturated rings. The van der Waals surface area contributed by atoms with Crippen molar-refractivity contribution in [2.45, 2.75) is 13.0 Å². The first-order chi connectivity index (χ1) is 18.2. The number of nitrogens with zero attached hydrogens (tertiary/aromatic N) is 1. The van der Waals surface area contributed by atoms with E-state index in [9.17, 15) is 0 Å². The molecule has 1 aromatic heterocycles. The predicted octanol–water partition coefficient (Wildman–Crippen LogP) is 6.64. The fourth-order valence-electron chi connectivity index (χ4n) is 4.44. The molecule has 0 aliphatic heterocycles. The fraction of sp³-hybridized carbons (Fsp3) is 0.156. The van der Waals surface area contributed by atoms with Crippen LogP contribution in [0.25, 0.3) is 10.8 Å². The molecule has 4 aromatic carbocycles. The Morgan fingerprint density at radius 3 is 2.11 bits per heavy atom. The van der Waals surface area contributed by atoms with Crippen LogP contribution in [0.1, 0.15) is 16.8 Å². The second kappa shape index (κ2) is 11.0. The summed E-state index contributed by atoms with van der Waals surface area (Å²) < 4.78 is 26.0. The third-order valence-electron chi connectivity index (χ3n) is 6.36. The summed E-state index contributed by atoms with van der Waals surface area (Å²) in [5.41, 5.74) is 3.30. The van der Waals surface area contributed by atoms with Gasteiger partial charge in [0.15, 0.2) is 34.9 Å². The van der Waals surface area contributed by atoms with Gasteiger partial charge in [0.2, 0.25) is 0 Å². The third-order valence-corrected chi connectivity index (χ3v) is 6.36. The second-order valence-electron chi connectivity index (χ2n) is 8.79. The molecule has 0 amide bonds. The first-order valence-corrected chi connectivity index (χ1v) is 12.2. The molecule has 0 saturated heterocycles. The molecule has 0 radical (unpaired) electrons. The van der Waals surface area contributed by atoms with Crippen LogP contribution in [0.15, 0.2) is 103 Å². The summed E-state index contributed by atoms with van der Waals surface area (Å²) in [7, 11) is 5.39. The van der Waals surface area contributed by atoms with Gasteiger partial charge in [-0.2, -0.15) is 0 Å². The molecule has 0 aliphatic carbocycles. The van der Waals surface area contributed by atoms with E-state index in [2.05, 4.69) is 48.1 Å². The van der Waals surface area contributed by atoms with Gasteiger partial charge in [-0.1, -0.05) is 54.6 Å². The van der Waals surface area contributed by atoms with Gasteiger partial charge >= 0.3 is 0 Å². The van der Waals surface area contributed by atoms with E-state index in [0.717, 1.165) is 39.1 Å². The maximum Gasteiger partial charge on any atom is 0.197 e. The fourth-order valence-corrected chi connectivity index (χ4v) is 4.44. The average molecular weight is 493 g/mol. The molecular formula is C32H30NO4+. The summed E-state index contributed by atoms with van der Waals surface area (Å²) in [6.45, 7) is 0.452. The van der Waals surface area contributed by atoms with E-state index in [0.29, 0.717) is 30.3 Å². The molecule has 0 aliphatic rings. The van der Waals surface area contributed by atoms with E-state index < -0.39 is 0 Å². The highest BCUT2D eigenvalue weighted by atomic mass is 16.5. The number of benzene rings is 4. The van der Waals surface area contributed by atoms with Crippen molar-refractivity contribution >= 4 is 10.8 Å². The maximum atomic E-state index is 6.41. The Balaban J connectivity index is 1.52. The van der Waals surface area contributed by atoms with E-state index in [4.69, 9.17) is 18.9 Å². The number of aryl methyl sites for hydroxylation is 1. The number of rotatable bonds is 9. The maximum absolute atomic E-state index is 6.41. The molecule has 0 atom stereocenters. The lowest BCUT2D eigenvalue weighted by atomic mass is 10.0. The summed E-state index contributed by atoms with van der Waals surface area (Å²) in [5.74, 6) is 3.57. The zero-order chi connectivity index (χ0) is 25.6. The van der Waals surface area contributed by atoms with Crippen LogP contribution in [0.5, 0.6) is 28.7 Å². The molecule has 0 unspecified atom stereocenters. The number of hydrogen-bond donors (Lipinski definition) is 0. The minimum absolute atomic E-state index is 0.452. The van der Waals surface area contributed by atoms with Gasteiger partial charge in [-0.25, -0.2) is 4.57 Å². The molecule has 37 heavy (non-hydrogen) atoms. The van der Waals surface area contributed by atoms with Gasteiger partial charge < -0.3 is 18.9 Å². The van der Waals surface area contributed by atoms with E-state index in [1.165, 1.54) is 0 Å². The van der Waals surface area contributed by atoms with Crippen LogP contribution < -0.4 is 23.5 Å². The molecule has 5 nitrogen and oxygen atoms in total. The molecule has 0 bridgehead atoms. The van der Waals surface area contributed by atoms with E-state index in [-0.39, 0.29) is 0 Å². The molecular weight excluding hydrogens is 462 g/mol. The number of pyridine rings is 1. The van der Waals surface area contributed by atoms with Crippen molar-refractivity contribution in [3.63, 3.8) is 0 Å². The largest absolute Gasteiger partial charge is 0.493 e. The third kappa shape index (κ3) is 5.36. The Morgan fingerprint density at radius 2 is 1.38 bits per heavy atom. The first-order valence-electron chi connectivity index (χ1n) is 12.2. The lowest BCUT2D eigenvalue weighted by Gasteiger charge is -2.16. The van der Waals surface area contributed by atoms with E-state index >= 15 is 0 Å². The molecule has 0 N–H and O–H groups in total.